The Bertz CT molecular complexity index is 488. The molecule has 1 aromatic carbocycles. The van der Waals surface area contributed by atoms with Crippen molar-refractivity contribution in [3.8, 4) is 11.4 Å². The van der Waals surface area contributed by atoms with Crippen molar-refractivity contribution in [2.75, 3.05) is 0 Å². The largest absolute Gasteiger partial charge is 0.294 e. The summed E-state index contributed by atoms with van der Waals surface area (Å²) < 4.78 is 1.63. The summed E-state index contributed by atoms with van der Waals surface area (Å²) in [6.07, 6.45) is 0.736. The highest BCUT2D eigenvalue weighted by molar-refractivity contribution is 5.71. The molecule has 0 aliphatic rings. The zero-order valence-corrected chi connectivity index (χ0v) is 9.29. The summed E-state index contributed by atoms with van der Waals surface area (Å²) in [6.45, 7) is 3.94. The van der Waals surface area contributed by atoms with Gasteiger partial charge in [-0.25, -0.2) is 9.67 Å². The summed E-state index contributed by atoms with van der Waals surface area (Å²) >= 11 is 0. The average molecular weight is 215 g/mol. The van der Waals surface area contributed by atoms with E-state index in [1.807, 2.05) is 44.2 Å². The first kappa shape index (κ1) is 10.5. The van der Waals surface area contributed by atoms with Crippen LogP contribution in [0.25, 0.3) is 11.4 Å². The van der Waals surface area contributed by atoms with Gasteiger partial charge in [0.25, 0.3) is 0 Å². The zero-order valence-electron chi connectivity index (χ0n) is 9.29. The molecule has 0 unspecified atom stereocenters. The summed E-state index contributed by atoms with van der Waals surface area (Å²) in [5.41, 5.74) is 0.921. The molecule has 82 valence electrons. The van der Waals surface area contributed by atoms with Crippen LogP contribution in [0.1, 0.15) is 30.5 Å². The van der Waals surface area contributed by atoms with Gasteiger partial charge in [0, 0.05) is 11.6 Å². The molecule has 4 nitrogen and oxygen atoms in total. The third kappa shape index (κ3) is 1.86. The molecule has 0 N–H and O–H groups in total. The molecular weight excluding hydrogens is 202 g/mol. The van der Waals surface area contributed by atoms with Gasteiger partial charge in [-0.2, -0.15) is 5.10 Å². The normalized spacial score (nSPS) is 10.7. The smallest absolute Gasteiger partial charge is 0.192 e. The van der Waals surface area contributed by atoms with Gasteiger partial charge in [0.15, 0.2) is 17.9 Å². The molecular formula is C12H13N3O. The highest BCUT2D eigenvalue weighted by atomic mass is 16.1. The highest BCUT2D eigenvalue weighted by Crippen LogP contribution is 2.16. The maximum absolute atomic E-state index is 10.9. The van der Waals surface area contributed by atoms with Crippen LogP contribution >= 0.6 is 0 Å². The molecule has 0 amide bonds. The lowest BCUT2D eigenvalue weighted by atomic mass is 10.2. The van der Waals surface area contributed by atoms with E-state index in [4.69, 9.17) is 0 Å². The third-order valence-electron chi connectivity index (χ3n) is 2.28. The van der Waals surface area contributed by atoms with Crippen molar-refractivity contribution < 1.29 is 4.79 Å². The highest BCUT2D eigenvalue weighted by Gasteiger charge is 2.12. The van der Waals surface area contributed by atoms with E-state index in [1.54, 1.807) is 4.68 Å². The number of nitrogens with zero attached hydrogens (tertiary/aromatic N) is 3. The first-order valence-corrected chi connectivity index (χ1v) is 5.19. The fraction of sp³-hybridized carbons (Fsp3) is 0.250. The van der Waals surface area contributed by atoms with Crippen LogP contribution in [0.4, 0.5) is 0 Å². The molecule has 0 radical (unpaired) electrons. The Morgan fingerprint density at radius 2 is 1.94 bits per heavy atom. The topological polar surface area (TPSA) is 47.8 Å². The van der Waals surface area contributed by atoms with Crippen molar-refractivity contribution in [1.29, 1.82) is 0 Å². The quantitative estimate of drug-likeness (QED) is 0.738. The van der Waals surface area contributed by atoms with Gasteiger partial charge in [0.05, 0.1) is 0 Å². The van der Waals surface area contributed by atoms with Crippen molar-refractivity contribution in [3.05, 3.63) is 36.2 Å². The van der Waals surface area contributed by atoms with Crippen LogP contribution in [0.5, 0.6) is 0 Å². The Balaban J connectivity index is 2.48. The lowest BCUT2D eigenvalue weighted by Gasteiger charge is -2.04. The molecule has 0 saturated carbocycles. The lowest BCUT2D eigenvalue weighted by Crippen LogP contribution is -2.07. The molecule has 0 atom stereocenters. The van der Waals surface area contributed by atoms with Crippen molar-refractivity contribution >= 4 is 6.29 Å². The molecule has 0 fully saturated rings. The number of carbonyl (C=O) groups excluding carboxylic acids is 1. The van der Waals surface area contributed by atoms with Gasteiger partial charge in [-0.05, 0) is 13.8 Å². The first-order chi connectivity index (χ1) is 7.72. The van der Waals surface area contributed by atoms with E-state index in [0.717, 1.165) is 11.8 Å². The standard InChI is InChI=1S/C12H13N3O/c1-9(2)15-11(8-16)13-12(14-15)10-6-4-3-5-7-10/h3-9H,1-2H3. The summed E-state index contributed by atoms with van der Waals surface area (Å²) in [5.74, 6) is 0.963. The van der Waals surface area contributed by atoms with Crippen molar-refractivity contribution in [2.24, 2.45) is 0 Å². The van der Waals surface area contributed by atoms with Crippen LogP contribution in [0.3, 0.4) is 0 Å². The second-order valence-corrected chi connectivity index (χ2v) is 3.82. The van der Waals surface area contributed by atoms with Crippen molar-refractivity contribution in [3.63, 3.8) is 0 Å². The van der Waals surface area contributed by atoms with E-state index in [1.165, 1.54) is 0 Å². The van der Waals surface area contributed by atoms with Gasteiger partial charge >= 0.3 is 0 Å². The SMILES string of the molecule is CC(C)n1nc(-c2ccccc2)nc1C=O. The molecule has 0 bridgehead atoms. The molecule has 1 aromatic heterocycles. The van der Waals surface area contributed by atoms with Crippen LogP contribution < -0.4 is 0 Å². The average Bonchev–Trinajstić information content (AvgIpc) is 2.74. The minimum atomic E-state index is 0.130. The summed E-state index contributed by atoms with van der Waals surface area (Å²) in [7, 11) is 0. The molecule has 2 aromatic rings. The molecule has 4 heteroatoms. The number of aromatic nitrogens is 3. The fourth-order valence-electron chi connectivity index (χ4n) is 1.51. The van der Waals surface area contributed by atoms with Gasteiger partial charge in [-0.3, -0.25) is 4.79 Å². The van der Waals surface area contributed by atoms with E-state index in [2.05, 4.69) is 10.1 Å². The van der Waals surface area contributed by atoms with E-state index in [0.29, 0.717) is 11.6 Å². The molecule has 1 heterocycles. The molecule has 16 heavy (non-hydrogen) atoms. The monoisotopic (exact) mass is 215 g/mol. The summed E-state index contributed by atoms with van der Waals surface area (Å²) in [5, 5.41) is 4.33. The lowest BCUT2D eigenvalue weighted by molar-refractivity contribution is 0.110. The predicted molar refractivity (Wildman–Crippen MR) is 61.2 cm³/mol. The maximum atomic E-state index is 10.9. The summed E-state index contributed by atoms with van der Waals surface area (Å²) in [6, 6.07) is 9.76. The first-order valence-electron chi connectivity index (χ1n) is 5.19. The Morgan fingerprint density at radius 1 is 1.25 bits per heavy atom. The minimum absolute atomic E-state index is 0.130. The van der Waals surface area contributed by atoms with E-state index in [-0.39, 0.29) is 6.04 Å². The van der Waals surface area contributed by atoms with Crippen LogP contribution in [-0.2, 0) is 0 Å². The van der Waals surface area contributed by atoms with Gasteiger partial charge < -0.3 is 0 Å². The van der Waals surface area contributed by atoms with Gasteiger partial charge in [0.2, 0.25) is 0 Å². The molecule has 0 aliphatic heterocycles. The summed E-state index contributed by atoms with van der Waals surface area (Å²) in [4.78, 5) is 15.1. The van der Waals surface area contributed by atoms with Crippen LogP contribution in [0.15, 0.2) is 30.3 Å². The zero-order chi connectivity index (χ0) is 11.5. The van der Waals surface area contributed by atoms with Gasteiger partial charge in [-0.15, -0.1) is 0 Å². The Morgan fingerprint density at radius 3 is 2.44 bits per heavy atom. The van der Waals surface area contributed by atoms with E-state index < -0.39 is 0 Å². The number of hydrogen-bond acceptors (Lipinski definition) is 3. The van der Waals surface area contributed by atoms with Crippen LogP contribution in [-0.4, -0.2) is 21.1 Å². The Labute approximate surface area is 93.9 Å². The van der Waals surface area contributed by atoms with E-state index in [9.17, 15) is 4.79 Å². The minimum Gasteiger partial charge on any atom is -0.294 e. The van der Waals surface area contributed by atoms with Gasteiger partial charge in [-0.1, -0.05) is 30.3 Å². The van der Waals surface area contributed by atoms with Crippen molar-refractivity contribution in [1.82, 2.24) is 14.8 Å². The number of rotatable bonds is 3. The Kier molecular flexibility index (Phi) is 2.81. The van der Waals surface area contributed by atoms with Crippen LogP contribution in [0.2, 0.25) is 0 Å². The maximum Gasteiger partial charge on any atom is 0.192 e. The number of hydrogen-bond donors (Lipinski definition) is 0. The molecule has 2 rings (SSSR count). The van der Waals surface area contributed by atoms with Crippen molar-refractivity contribution in [2.45, 2.75) is 19.9 Å². The van der Waals surface area contributed by atoms with E-state index >= 15 is 0 Å². The molecule has 0 spiro atoms. The molecule has 0 aliphatic carbocycles. The third-order valence-corrected chi connectivity index (χ3v) is 2.28. The Hall–Kier alpha value is -1.97. The molecule has 0 saturated heterocycles. The number of carbonyl (C=O) groups is 1. The fourth-order valence-corrected chi connectivity index (χ4v) is 1.51. The second-order valence-electron chi connectivity index (χ2n) is 3.82. The van der Waals surface area contributed by atoms with Gasteiger partial charge in [0.1, 0.15) is 0 Å². The number of aldehydes is 1. The second kappa shape index (κ2) is 4.26. The predicted octanol–water partition coefficient (Wildman–Crippen LogP) is 2.34. The van der Waals surface area contributed by atoms with Crippen LogP contribution in [0, 0.1) is 0 Å². The number of benzene rings is 1.